The molecule has 1 aromatic carbocycles. The molecule has 7 aliphatic rings. The van der Waals surface area contributed by atoms with E-state index in [9.17, 15) is 9.90 Å². The number of carbonyl (C=O) groups excluding carboxylic acids is 1. The quantitative estimate of drug-likeness (QED) is 0.302. The van der Waals surface area contributed by atoms with Gasteiger partial charge in [0.25, 0.3) is 0 Å². The molecule has 4 heteroatoms. The molecular weight excluding hydrogens is 440 g/mol. The van der Waals surface area contributed by atoms with E-state index in [1.807, 2.05) is 6.07 Å². The highest BCUT2D eigenvalue weighted by atomic mass is 32.1. The molecule has 184 valence electrons. The van der Waals surface area contributed by atoms with Gasteiger partial charge in [-0.1, -0.05) is 13.0 Å². The predicted octanol–water partition coefficient (Wildman–Crippen LogP) is 6.32. The van der Waals surface area contributed by atoms with Gasteiger partial charge in [-0.15, -0.1) is 0 Å². The van der Waals surface area contributed by atoms with E-state index in [4.69, 9.17) is 17.4 Å². The third-order valence-electron chi connectivity index (χ3n) is 11.9. The fourth-order valence-corrected chi connectivity index (χ4v) is 10.8. The summed E-state index contributed by atoms with van der Waals surface area (Å²) in [6.07, 6.45) is 13.5. The molecule has 0 aliphatic heterocycles. The van der Waals surface area contributed by atoms with Crippen molar-refractivity contribution in [1.82, 2.24) is 0 Å². The molecule has 7 aliphatic carbocycles. The first kappa shape index (κ1) is 22.2. The highest BCUT2D eigenvalue weighted by Gasteiger charge is 2.57. The molecule has 1 aromatic rings. The zero-order valence-electron chi connectivity index (χ0n) is 20.5. The Hall–Kier alpha value is -1.00. The summed E-state index contributed by atoms with van der Waals surface area (Å²) in [6, 6.07) is 6.45. The van der Waals surface area contributed by atoms with E-state index in [0.29, 0.717) is 36.0 Å². The molecule has 5 atom stereocenters. The maximum atomic E-state index is 13.1. The van der Waals surface area contributed by atoms with Crippen molar-refractivity contribution in [2.45, 2.75) is 101 Å². The molecule has 0 aromatic heterocycles. The third-order valence-corrected chi connectivity index (χ3v) is 12.7. The molecule has 1 N–H and O–H groups in total. The Morgan fingerprint density at radius 1 is 1.06 bits per heavy atom. The molecule has 0 unspecified atom stereocenters. The molecule has 0 amide bonds. The van der Waals surface area contributed by atoms with Crippen LogP contribution in [0.5, 0.6) is 5.75 Å². The van der Waals surface area contributed by atoms with Gasteiger partial charge in [-0.3, -0.25) is 4.79 Å². The lowest BCUT2D eigenvalue weighted by Gasteiger charge is -2.59. The minimum absolute atomic E-state index is 0.0931. The number of fused-ring (bicyclic) bond motifs is 5. The zero-order chi connectivity index (χ0) is 23.2. The number of thiol groups is 1. The second kappa shape index (κ2) is 7.75. The SMILES string of the molecule is C[C@]12CC[C@@H]3c4ccc(OC(=O)CC5(S)C6CC7CC(C6)CC5C7)cc4CC[C@H]3[C@@H]1CC[C@@H]2O. The van der Waals surface area contributed by atoms with E-state index in [1.54, 1.807) is 0 Å². The van der Waals surface area contributed by atoms with Crippen molar-refractivity contribution in [3.63, 3.8) is 0 Å². The fraction of sp³-hybridized carbons (Fsp3) is 0.767. The van der Waals surface area contributed by atoms with Crippen LogP contribution < -0.4 is 4.74 Å². The molecular formula is C30H40O3S. The van der Waals surface area contributed by atoms with Gasteiger partial charge >= 0.3 is 5.97 Å². The summed E-state index contributed by atoms with van der Waals surface area (Å²) in [5.41, 5.74) is 2.98. The van der Waals surface area contributed by atoms with Crippen molar-refractivity contribution in [2.24, 2.45) is 40.9 Å². The van der Waals surface area contributed by atoms with Crippen LogP contribution in [-0.4, -0.2) is 21.9 Å². The van der Waals surface area contributed by atoms with Gasteiger partial charge in [-0.25, -0.2) is 0 Å². The summed E-state index contributed by atoms with van der Waals surface area (Å²) in [5, 5.41) is 10.6. The number of ether oxygens (including phenoxy) is 1. The van der Waals surface area contributed by atoms with Gasteiger partial charge in [0.15, 0.2) is 0 Å². The van der Waals surface area contributed by atoms with Crippen LogP contribution in [0.2, 0.25) is 0 Å². The summed E-state index contributed by atoms with van der Waals surface area (Å²) in [4.78, 5) is 13.1. The summed E-state index contributed by atoms with van der Waals surface area (Å²) >= 11 is 5.19. The van der Waals surface area contributed by atoms with E-state index < -0.39 is 0 Å². The average Bonchev–Trinajstić information content (AvgIpc) is 3.11. The number of benzene rings is 1. The maximum Gasteiger partial charge on any atom is 0.312 e. The van der Waals surface area contributed by atoms with E-state index >= 15 is 0 Å². The highest BCUT2D eigenvalue weighted by molar-refractivity contribution is 7.81. The number of hydrogen-bond acceptors (Lipinski definition) is 4. The summed E-state index contributed by atoms with van der Waals surface area (Å²) in [5.74, 6) is 5.52. The smallest absolute Gasteiger partial charge is 0.312 e. The van der Waals surface area contributed by atoms with E-state index in [1.165, 1.54) is 62.5 Å². The third kappa shape index (κ3) is 3.23. The zero-order valence-corrected chi connectivity index (χ0v) is 21.4. The van der Waals surface area contributed by atoms with E-state index in [2.05, 4.69) is 19.1 Å². The number of aliphatic hydroxyl groups is 1. The van der Waals surface area contributed by atoms with Crippen molar-refractivity contribution in [3.8, 4) is 5.75 Å². The van der Waals surface area contributed by atoms with Crippen LogP contribution in [0.25, 0.3) is 0 Å². The average molecular weight is 481 g/mol. The second-order valence-corrected chi connectivity index (χ2v) is 14.2. The van der Waals surface area contributed by atoms with Crippen molar-refractivity contribution >= 4 is 18.6 Å². The minimum atomic E-state index is -0.160. The Labute approximate surface area is 209 Å². The molecule has 4 bridgehead atoms. The van der Waals surface area contributed by atoms with Gasteiger partial charge in [0.1, 0.15) is 5.75 Å². The standard InChI is InChI=1S/C30H40O3S/c1-29-9-8-24-23-5-3-22(15-19(23)2-4-25(24)26(29)6-7-27(29)31)33-28(32)16-30(34)20-11-17-10-18(13-20)14-21(30)12-17/h3,5,15,17-18,20-21,24-27,31,34H,2,4,6-14,16H2,1H3/t17?,18?,20?,21?,24-,25-,26+,27+,29+,30?/m1/s1. The number of esters is 1. The lowest BCUT2D eigenvalue weighted by molar-refractivity contribution is -0.138. The lowest BCUT2D eigenvalue weighted by atomic mass is 9.51. The van der Waals surface area contributed by atoms with Crippen LogP contribution in [-0.2, 0) is 11.2 Å². The molecule has 3 nitrogen and oxygen atoms in total. The highest BCUT2D eigenvalue weighted by Crippen LogP contribution is 2.62. The second-order valence-electron chi connectivity index (χ2n) is 13.4. The van der Waals surface area contributed by atoms with Crippen LogP contribution in [0.4, 0.5) is 0 Å². The van der Waals surface area contributed by atoms with Gasteiger partial charge in [-0.2, -0.15) is 12.6 Å². The molecule has 0 saturated heterocycles. The van der Waals surface area contributed by atoms with Gasteiger partial charge in [0, 0.05) is 4.75 Å². The van der Waals surface area contributed by atoms with Gasteiger partial charge in [0.2, 0.25) is 0 Å². The van der Waals surface area contributed by atoms with Crippen LogP contribution in [0.1, 0.15) is 94.6 Å². The molecule has 6 fully saturated rings. The molecule has 0 heterocycles. The Morgan fingerprint density at radius 2 is 1.79 bits per heavy atom. The number of rotatable bonds is 3. The van der Waals surface area contributed by atoms with Crippen LogP contribution in [0.3, 0.4) is 0 Å². The predicted molar refractivity (Wildman–Crippen MR) is 136 cm³/mol. The molecule has 0 spiro atoms. The molecule has 0 radical (unpaired) electrons. The largest absolute Gasteiger partial charge is 0.426 e. The first-order chi connectivity index (χ1) is 16.3. The van der Waals surface area contributed by atoms with Crippen LogP contribution in [0, 0.1) is 40.9 Å². The van der Waals surface area contributed by atoms with Crippen molar-refractivity contribution in [2.75, 3.05) is 0 Å². The van der Waals surface area contributed by atoms with Gasteiger partial charge < -0.3 is 9.84 Å². The van der Waals surface area contributed by atoms with Gasteiger partial charge in [-0.05, 0) is 141 Å². The van der Waals surface area contributed by atoms with E-state index in [-0.39, 0.29) is 22.2 Å². The number of hydrogen-bond donors (Lipinski definition) is 2. The Morgan fingerprint density at radius 3 is 2.53 bits per heavy atom. The lowest BCUT2D eigenvalue weighted by Crippen LogP contribution is -2.55. The molecule has 6 saturated carbocycles. The Balaban J connectivity index is 1.06. The normalized spacial score (nSPS) is 48.2. The topological polar surface area (TPSA) is 46.5 Å². The minimum Gasteiger partial charge on any atom is -0.426 e. The van der Waals surface area contributed by atoms with E-state index in [0.717, 1.165) is 36.8 Å². The monoisotopic (exact) mass is 480 g/mol. The number of aliphatic hydroxyl groups excluding tert-OH is 1. The Bertz CT molecular complexity index is 975. The van der Waals surface area contributed by atoms with Crippen molar-refractivity contribution < 1.29 is 14.6 Å². The van der Waals surface area contributed by atoms with Crippen LogP contribution in [0.15, 0.2) is 18.2 Å². The first-order valence-electron chi connectivity index (χ1n) is 14.1. The van der Waals surface area contributed by atoms with Crippen LogP contribution >= 0.6 is 12.6 Å². The molecule has 8 rings (SSSR count). The molecule has 34 heavy (non-hydrogen) atoms. The van der Waals surface area contributed by atoms with Crippen molar-refractivity contribution in [3.05, 3.63) is 29.3 Å². The summed E-state index contributed by atoms with van der Waals surface area (Å²) < 4.78 is 5.81. The Kier molecular flexibility index (Phi) is 5.06. The van der Waals surface area contributed by atoms with Gasteiger partial charge in [0.05, 0.1) is 12.5 Å². The first-order valence-corrected chi connectivity index (χ1v) is 14.5. The summed E-state index contributed by atoms with van der Waals surface area (Å²) in [6.45, 7) is 2.33. The number of aryl methyl sites for hydroxylation is 1. The summed E-state index contributed by atoms with van der Waals surface area (Å²) in [7, 11) is 0. The van der Waals surface area contributed by atoms with Crippen molar-refractivity contribution in [1.29, 1.82) is 0 Å². The maximum absolute atomic E-state index is 13.1. The number of carbonyl (C=O) groups is 1. The fourth-order valence-electron chi connectivity index (χ4n) is 10.3.